The third-order valence-corrected chi connectivity index (χ3v) is 7.25. The van der Waals surface area contributed by atoms with Crippen molar-refractivity contribution in [1.82, 2.24) is 13.6 Å². The second kappa shape index (κ2) is 7.12. The Bertz CT molecular complexity index is 1090. The Balaban J connectivity index is 1.39. The van der Waals surface area contributed by atoms with E-state index in [9.17, 15) is 4.79 Å². The number of carbonyl (C=O) groups is 1. The number of hydrogen-bond donors (Lipinski definition) is 1. The summed E-state index contributed by atoms with van der Waals surface area (Å²) in [6.07, 6.45) is 0.994. The molecule has 1 aliphatic rings. The molecule has 0 radical (unpaired) electrons. The van der Waals surface area contributed by atoms with Gasteiger partial charge in [0.2, 0.25) is 5.91 Å². The zero-order valence-electron chi connectivity index (χ0n) is 14.3. The highest BCUT2D eigenvalue weighted by Crippen LogP contribution is 2.39. The van der Waals surface area contributed by atoms with Crippen LogP contribution in [0.1, 0.15) is 21.4 Å². The number of rotatable bonds is 4. The summed E-state index contributed by atoms with van der Waals surface area (Å²) in [6, 6.07) is 12.3. The molecule has 27 heavy (non-hydrogen) atoms. The molecule has 8 heteroatoms. The fraction of sp³-hybridized carbons (Fsp3) is 0.211. The van der Waals surface area contributed by atoms with Gasteiger partial charge < -0.3 is 5.32 Å². The van der Waals surface area contributed by atoms with Crippen LogP contribution in [0.4, 0.5) is 5.69 Å². The zero-order chi connectivity index (χ0) is 18.2. The first-order valence-corrected chi connectivity index (χ1v) is 11.1. The fourth-order valence-electron chi connectivity index (χ4n) is 3.60. The van der Waals surface area contributed by atoms with Crippen LogP contribution in [-0.4, -0.2) is 32.6 Å². The van der Waals surface area contributed by atoms with Gasteiger partial charge in [-0.3, -0.25) is 9.69 Å². The van der Waals surface area contributed by atoms with Crippen LogP contribution in [-0.2, 0) is 11.2 Å². The molecule has 1 atom stereocenters. The Morgan fingerprint density at radius 2 is 2.11 bits per heavy atom. The van der Waals surface area contributed by atoms with Crippen LogP contribution >= 0.6 is 34.4 Å². The number of amides is 1. The average molecular weight is 413 g/mol. The Morgan fingerprint density at radius 1 is 1.15 bits per heavy atom. The molecule has 0 fully saturated rings. The highest BCUT2D eigenvalue weighted by Gasteiger charge is 2.31. The van der Waals surface area contributed by atoms with E-state index >= 15 is 0 Å². The van der Waals surface area contributed by atoms with Gasteiger partial charge in [-0.2, -0.15) is 8.75 Å². The predicted molar refractivity (Wildman–Crippen MR) is 112 cm³/mol. The molecule has 136 valence electrons. The largest absolute Gasteiger partial charge is 0.323 e. The molecular formula is C19H16N4OS3. The first-order chi connectivity index (χ1) is 13.3. The molecule has 4 aromatic rings. The summed E-state index contributed by atoms with van der Waals surface area (Å²) in [5.41, 5.74) is 3.64. The van der Waals surface area contributed by atoms with Crippen molar-refractivity contribution in [3.8, 4) is 0 Å². The Hall–Kier alpha value is -2.13. The third kappa shape index (κ3) is 3.19. The predicted octanol–water partition coefficient (Wildman–Crippen LogP) is 4.40. The molecule has 0 bridgehead atoms. The SMILES string of the molecule is O=C(CN1CCc2sccc2C1c1cccs1)Nc1cccc2nsnc12. The maximum absolute atomic E-state index is 12.8. The van der Waals surface area contributed by atoms with Gasteiger partial charge in [-0.1, -0.05) is 12.1 Å². The number of aromatic nitrogens is 2. The van der Waals surface area contributed by atoms with E-state index in [0.29, 0.717) is 6.54 Å². The average Bonchev–Trinajstić information content (AvgIpc) is 3.42. The summed E-state index contributed by atoms with van der Waals surface area (Å²) < 4.78 is 8.54. The standard InChI is InChI=1S/C19H16N4OS3/c24-17(20-13-3-1-4-14-18(13)22-27-21-14)11-23-8-6-15-12(7-10-26-15)19(23)16-5-2-9-25-16/h1-5,7,9-10,19H,6,8,11H2,(H,20,24). The topological polar surface area (TPSA) is 58.1 Å². The Morgan fingerprint density at radius 3 is 3.00 bits per heavy atom. The molecular weight excluding hydrogens is 396 g/mol. The van der Waals surface area contributed by atoms with Gasteiger partial charge in [0.05, 0.1) is 30.0 Å². The monoisotopic (exact) mass is 412 g/mol. The van der Waals surface area contributed by atoms with Crippen LogP contribution in [0.15, 0.2) is 47.2 Å². The van der Waals surface area contributed by atoms with Crippen molar-refractivity contribution in [3.05, 3.63) is 62.5 Å². The van der Waals surface area contributed by atoms with Crippen molar-refractivity contribution >= 4 is 57.0 Å². The van der Waals surface area contributed by atoms with Crippen molar-refractivity contribution in [2.45, 2.75) is 12.5 Å². The zero-order valence-corrected chi connectivity index (χ0v) is 16.7. The summed E-state index contributed by atoms with van der Waals surface area (Å²) in [4.78, 5) is 17.8. The Kier molecular flexibility index (Phi) is 4.48. The van der Waals surface area contributed by atoms with E-state index in [2.05, 4.69) is 47.9 Å². The first kappa shape index (κ1) is 17.0. The first-order valence-electron chi connectivity index (χ1n) is 8.64. The van der Waals surface area contributed by atoms with Crippen LogP contribution < -0.4 is 5.32 Å². The number of fused-ring (bicyclic) bond motifs is 2. The molecule has 4 heterocycles. The van der Waals surface area contributed by atoms with E-state index < -0.39 is 0 Å². The van der Waals surface area contributed by atoms with Gasteiger partial charge >= 0.3 is 0 Å². The minimum absolute atomic E-state index is 0.0178. The van der Waals surface area contributed by atoms with E-state index in [1.165, 1.54) is 15.3 Å². The van der Waals surface area contributed by atoms with Gasteiger partial charge in [0.15, 0.2) is 0 Å². The lowest BCUT2D eigenvalue weighted by atomic mass is 9.98. The molecule has 1 amide bonds. The van der Waals surface area contributed by atoms with Gasteiger partial charge in [-0.05, 0) is 47.0 Å². The number of anilines is 1. The van der Waals surface area contributed by atoms with Crippen LogP contribution in [0.25, 0.3) is 11.0 Å². The van der Waals surface area contributed by atoms with E-state index in [0.717, 1.165) is 41.4 Å². The van der Waals surface area contributed by atoms with E-state index in [1.807, 2.05) is 29.5 Å². The van der Waals surface area contributed by atoms with Crippen LogP contribution in [0, 0.1) is 0 Å². The Labute approximate surface area is 168 Å². The highest BCUT2D eigenvalue weighted by atomic mass is 32.1. The highest BCUT2D eigenvalue weighted by molar-refractivity contribution is 7.10. The molecule has 1 unspecified atom stereocenters. The second-order valence-electron chi connectivity index (χ2n) is 6.42. The number of thiophene rings is 2. The quantitative estimate of drug-likeness (QED) is 0.540. The minimum atomic E-state index is -0.0178. The van der Waals surface area contributed by atoms with Gasteiger partial charge in [-0.25, -0.2) is 0 Å². The lowest BCUT2D eigenvalue weighted by Crippen LogP contribution is -2.40. The van der Waals surface area contributed by atoms with Crippen molar-refractivity contribution in [2.75, 3.05) is 18.4 Å². The number of carbonyl (C=O) groups excluding carboxylic acids is 1. The maximum Gasteiger partial charge on any atom is 0.238 e. The van der Waals surface area contributed by atoms with Gasteiger partial charge in [0.25, 0.3) is 0 Å². The van der Waals surface area contributed by atoms with E-state index in [-0.39, 0.29) is 11.9 Å². The van der Waals surface area contributed by atoms with Gasteiger partial charge in [0.1, 0.15) is 11.0 Å². The second-order valence-corrected chi connectivity index (χ2v) is 8.93. The summed E-state index contributed by atoms with van der Waals surface area (Å²) in [7, 11) is 0. The molecule has 1 aliphatic heterocycles. The fourth-order valence-corrected chi connectivity index (χ4v) is 5.93. The smallest absolute Gasteiger partial charge is 0.238 e. The molecule has 0 spiro atoms. The number of nitrogens with one attached hydrogen (secondary N) is 1. The van der Waals surface area contributed by atoms with Gasteiger partial charge in [0, 0.05) is 16.3 Å². The van der Waals surface area contributed by atoms with Crippen molar-refractivity contribution in [2.24, 2.45) is 0 Å². The van der Waals surface area contributed by atoms with Crippen LogP contribution in [0.3, 0.4) is 0 Å². The molecule has 3 aromatic heterocycles. The summed E-state index contributed by atoms with van der Waals surface area (Å²) in [5.74, 6) is -0.0178. The molecule has 5 rings (SSSR count). The van der Waals surface area contributed by atoms with Crippen LogP contribution in [0.5, 0.6) is 0 Å². The van der Waals surface area contributed by atoms with Gasteiger partial charge in [-0.15, -0.1) is 22.7 Å². The summed E-state index contributed by atoms with van der Waals surface area (Å²) in [5, 5.41) is 7.29. The maximum atomic E-state index is 12.8. The molecule has 0 aliphatic carbocycles. The minimum Gasteiger partial charge on any atom is -0.323 e. The van der Waals surface area contributed by atoms with Crippen molar-refractivity contribution in [3.63, 3.8) is 0 Å². The molecule has 1 aromatic carbocycles. The third-order valence-electron chi connectivity index (χ3n) is 4.79. The summed E-state index contributed by atoms with van der Waals surface area (Å²) in [6.45, 7) is 1.23. The normalized spacial score (nSPS) is 17.1. The van der Waals surface area contributed by atoms with Crippen molar-refractivity contribution < 1.29 is 4.79 Å². The van der Waals surface area contributed by atoms with E-state index in [4.69, 9.17) is 0 Å². The lowest BCUT2D eigenvalue weighted by Gasteiger charge is -2.34. The number of hydrogen-bond acceptors (Lipinski definition) is 7. The molecule has 0 saturated carbocycles. The van der Waals surface area contributed by atoms with E-state index in [1.54, 1.807) is 11.3 Å². The number of benzene rings is 1. The van der Waals surface area contributed by atoms with Crippen LogP contribution in [0.2, 0.25) is 0 Å². The number of nitrogens with zero attached hydrogens (tertiary/aromatic N) is 3. The lowest BCUT2D eigenvalue weighted by molar-refractivity contribution is -0.117. The van der Waals surface area contributed by atoms with Crippen molar-refractivity contribution in [1.29, 1.82) is 0 Å². The summed E-state index contributed by atoms with van der Waals surface area (Å²) >= 11 is 4.73. The molecule has 5 nitrogen and oxygen atoms in total. The molecule has 1 N–H and O–H groups in total. The molecule has 0 saturated heterocycles.